The van der Waals surface area contributed by atoms with Crippen molar-refractivity contribution < 1.29 is 27.8 Å². The molecule has 0 atom stereocenters. The van der Waals surface area contributed by atoms with E-state index in [0.29, 0.717) is 40.7 Å². The summed E-state index contributed by atoms with van der Waals surface area (Å²) in [6, 6.07) is 9.03. The van der Waals surface area contributed by atoms with Gasteiger partial charge in [0.25, 0.3) is 11.8 Å². The lowest BCUT2D eigenvalue weighted by Crippen LogP contribution is -2.40. The molecule has 0 bridgehead atoms. The van der Waals surface area contributed by atoms with E-state index >= 15 is 0 Å². The van der Waals surface area contributed by atoms with Gasteiger partial charge in [-0.3, -0.25) is 9.59 Å². The Morgan fingerprint density at radius 3 is 2.35 bits per heavy atom. The molecule has 3 aliphatic rings. The van der Waals surface area contributed by atoms with Crippen LogP contribution in [0.5, 0.6) is 5.75 Å². The van der Waals surface area contributed by atoms with Crippen LogP contribution in [-0.4, -0.2) is 68.4 Å². The first-order valence-electron chi connectivity index (χ1n) is 15.0. The monoisotopic (exact) mass is 617 g/mol. The number of pyridine rings is 1. The van der Waals surface area contributed by atoms with Crippen LogP contribution in [0.3, 0.4) is 0 Å². The molecule has 1 aromatic heterocycles. The second-order valence-electron chi connectivity index (χ2n) is 12.0. The van der Waals surface area contributed by atoms with Gasteiger partial charge in [0.05, 0.1) is 24.3 Å². The number of methoxy groups -OCH3 is 1. The molecular formula is C31H41F2N5O4S. The number of hydrogen-bond donors (Lipinski definition) is 2. The molecule has 5 rings (SSSR count). The molecule has 3 heterocycles. The normalized spacial score (nSPS) is 18.8. The Kier molecular flexibility index (Phi) is 9.53. The van der Waals surface area contributed by atoms with Crippen molar-refractivity contribution in [2.24, 2.45) is 11.3 Å². The van der Waals surface area contributed by atoms with Gasteiger partial charge in [-0.05, 0) is 73.4 Å². The van der Waals surface area contributed by atoms with Gasteiger partial charge in [-0.2, -0.15) is 0 Å². The van der Waals surface area contributed by atoms with Gasteiger partial charge in [0.1, 0.15) is 12.4 Å². The zero-order chi connectivity index (χ0) is 30.6. The highest BCUT2D eigenvalue weighted by molar-refractivity contribution is 8.00. The maximum Gasteiger partial charge on any atom is 0.308 e. The highest BCUT2D eigenvalue weighted by atomic mass is 32.2. The summed E-state index contributed by atoms with van der Waals surface area (Å²) in [5.74, 6) is -1.52. The topological polar surface area (TPSA) is 96.0 Å². The molecule has 1 amide bonds. The van der Waals surface area contributed by atoms with Gasteiger partial charge in [-0.25, -0.2) is 13.8 Å². The number of nitrogens with one attached hydrogen (secondary N) is 2. The number of piperidine rings is 2. The predicted octanol–water partition coefficient (Wildman–Crippen LogP) is 6.22. The molecular weight excluding hydrogens is 576 g/mol. The SMILES string of the molecule is COc1ccc(NC(=O)c2ccc(NSCCOC(=O)C(C)C)cc2N2CCC3(CC2)CC3)nc1N1CCC(F)(F)CC1. The van der Waals surface area contributed by atoms with Crippen LogP contribution in [0.2, 0.25) is 0 Å². The number of carbonyl (C=O) groups excluding carboxylic acids is 2. The number of hydrogen-bond acceptors (Lipinski definition) is 9. The van der Waals surface area contributed by atoms with E-state index in [1.165, 1.54) is 31.9 Å². The fourth-order valence-corrected chi connectivity index (χ4v) is 6.12. The Balaban J connectivity index is 1.30. The summed E-state index contributed by atoms with van der Waals surface area (Å²) in [6.07, 6.45) is 4.29. The average molecular weight is 618 g/mol. The summed E-state index contributed by atoms with van der Waals surface area (Å²) < 4.78 is 41.6. The number of anilines is 4. The Bertz CT molecular complexity index is 1300. The van der Waals surface area contributed by atoms with Crippen molar-refractivity contribution in [3.63, 3.8) is 0 Å². The molecule has 234 valence electrons. The maximum absolute atomic E-state index is 13.8. The largest absolute Gasteiger partial charge is 0.493 e. The van der Waals surface area contributed by atoms with Crippen molar-refractivity contribution in [1.29, 1.82) is 0 Å². The lowest BCUT2D eigenvalue weighted by atomic mass is 9.93. The fraction of sp³-hybridized carbons (Fsp3) is 0.581. The molecule has 1 aromatic carbocycles. The number of benzene rings is 1. The van der Waals surface area contributed by atoms with E-state index in [1.807, 2.05) is 18.2 Å². The number of rotatable bonds is 11. The minimum atomic E-state index is -2.68. The minimum Gasteiger partial charge on any atom is -0.493 e. The average Bonchev–Trinajstić information content (AvgIpc) is 3.75. The van der Waals surface area contributed by atoms with Gasteiger partial charge in [-0.1, -0.05) is 13.8 Å². The molecule has 1 aliphatic carbocycles. The molecule has 2 N–H and O–H groups in total. The first-order chi connectivity index (χ1) is 20.6. The standard InChI is InChI=1S/C31H41F2N5O4S/c1-21(2)29(40)42-18-19-43-36-22-4-5-23(24(20-22)37-14-10-30(8-9-30)11-15-37)28(39)35-26-7-6-25(41-3)27(34-26)38-16-12-31(32,33)13-17-38/h4-7,20-21,36H,8-19H2,1-3H3,(H,34,35,39). The highest BCUT2D eigenvalue weighted by Gasteiger charge is 2.44. The number of carbonyl (C=O) groups is 2. The van der Waals surface area contributed by atoms with Crippen molar-refractivity contribution in [2.45, 2.75) is 58.3 Å². The number of ether oxygens (including phenoxy) is 2. The fourth-order valence-electron chi connectivity index (χ4n) is 5.55. The van der Waals surface area contributed by atoms with E-state index in [-0.39, 0.29) is 43.7 Å². The molecule has 2 aromatic rings. The number of nitrogens with zero attached hydrogens (tertiary/aromatic N) is 3. The van der Waals surface area contributed by atoms with Gasteiger partial charge in [-0.15, -0.1) is 0 Å². The van der Waals surface area contributed by atoms with E-state index in [0.717, 1.165) is 37.3 Å². The van der Waals surface area contributed by atoms with Crippen LogP contribution in [0.1, 0.15) is 62.7 Å². The summed E-state index contributed by atoms with van der Waals surface area (Å²) >= 11 is 1.44. The van der Waals surface area contributed by atoms with Gasteiger partial charge in [0, 0.05) is 50.5 Å². The third-order valence-corrected chi connectivity index (χ3v) is 9.30. The summed E-state index contributed by atoms with van der Waals surface area (Å²) in [5, 5.41) is 2.93. The Hall–Kier alpha value is -3.28. The Morgan fingerprint density at radius 2 is 1.70 bits per heavy atom. The van der Waals surface area contributed by atoms with Crippen molar-refractivity contribution in [1.82, 2.24) is 4.98 Å². The quantitative estimate of drug-likeness (QED) is 0.173. The lowest BCUT2D eigenvalue weighted by molar-refractivity contribution is -0.146. The molecule has 1 spiro atoms. The molecule has 43 heavy (non-hydrogen) atoms. The molecule has 2 aliphatic heterocycles. The van der Waals surface area contributed by atoms with E-state index in [4.69, 9.17) is 9.47 Å². The van der Waals surface area contributed by atoms with Crippen molar-refractivity contribution in [3.05, 3.63) is 35.9 Å². The van der Waals surface area contributed by atoms with Gasteiger partial charge >= 0.3 is 5.97 Å². The molecule has 3 fully saturated rings. The van der Waals surface area contributed by atoms with Crippen molar-refractivity contribution in [2.75, 3.05) is 65.5 Å². The van der Waals surface area contributed by atoms with Crippen molar-refractivity contribution in [3.8, 4) is 5.75 Å². The smallest absolute Gasteiger partial charge is 0.308 e. The van der Waals surface area contributed by atoms with Crippen LogP contribution in [0.4, 0.5) is 31.8 Å². The number of halogens is 2. The summed E-state index contributed by atoms with van der Waals surface area (Å²) in [7, 11) is 1.51. The minimum absolute atomic E-state index is 0.154. The zero-order valence-electron chi connectivity index (χ0n) is 25.1. The van der Waals surface area contributed by atoms with Crippen LogP contribution >= 0.6 is 11.9 Å². The molecule has 0 radical (unpaired) electrons. The van der Waals surface area contributed by atoms with Crippen LogP contribution in [0.25, 0.3) is 0 Å². The number of aromatic nitrogens is 1. The van der Waals surface area contributed by atoms with Crippen LogP contribution in [0.15, 0.2) is 30.3 Å². The van der Waals surface area contributed by atoms with Gasteiger partial charge in [0.2, 0.25) is 0 Å². The third kappa shape index (κ3) is 7.82. The summed E-state index contributed by atoms with van der Waals surface area (Å²) in [5.41, 5.74) is 2.71. The second kappa shape index (κ2) is 13.2. The highest BCUT2D eigenvalue weighted by Crippen LogP contribution is 2.54. The summed E-state index contributed by atoms with van der Waals surface area (Å²) in [4.78, 5) is 34.0. The Morgan fingerprint density at radius 1 is 1.00 bits per heavy atom. The van der Waals surface area contributed by atoms with Gasteiger partial charge < -0.3 is 29.3 Å². The van der Waals surface area contributed by atoms with Crippen LogP contribution in [-0.2, 0) is 9.53 Å². The third-order valence-electron chi connectivity index (χ3n) is 8.55. The van der Waals surface area contributed by atoms with E-state index in [1.54, 1.807) is 30.9 Å². The molecule has 2 saturated heterocycles. The number of amides is 1. The summed E-state index contributed by atoms with van der Waals surface area (Å²) in [6.45, 7) is 6.00. The molecule has 1 saturated carbocycles. The second-order valence-corrected chi connectivity index (χ2v) is 12.9. The predicted molar refractivity (Wildman–Crippen MR) is 167 cm³/mol. The van der Waals surface area contributed by atoms with E-state index in [9.17, 15) is 18.4 Å². The van der Waals surface area contributed by atoms with E-state index < -0.39 is 5.92 Å². The first kappa shape index (κ1) is 31.2. The lowest BCUT2D eigenvalue weighted by Gasteiger charge is -2.35. The Labute approximate surface area is 256 Å². The van der Waals surface area contributed by atoms with Gasteiger partial charge in [0.15, 0.2) is 11.6 Å². The number of esters is 1. The van der Waals surface area contributed by atoms with Crippen LogP contribution < -0.4 is 24.6 Å². The molecule has 0 unspecified atom stereocenters. The molecule has 9 nitrogen and oxygen atoms in total. The van der Waals surface area contributed by atoms with E-state index in [2.05, 4.69) is 19.9 Å². The zero-order valence-corrected chi connectivity index (χ0v) is 25.9. The first-order valence-corrected chi connectivity index (χ1v) is 16.0. The van der Waals surface area contributed by atoms with Crippen LogP contribution in [0, 0.1) is 11.3 Å². The number of alkyl halides is 2. The maximum atomic E-state index is 13.8. The molecule has 12 heteroatoms. The van der Waals surface area contributed by atoms with Crippen molar-refractivity contribution >= 4 is 46.8 Å².